The van der Waals surface area contributed by atoms with Crippen LogP contribution in [0.15, 0.2) is 42.5 Å². The predicted octanol–water partition coefficient (Wildman–Crippen LogP) is 3.50. The minimum Gasteiger partial charge on any atom is -0.491 e. The summed E-state index contributed by atoms with van der Waals surface area (Å²) in [6.45, 7) is 7.22. The van der Waals surface area contributed by atoms with E-state index in [0.717, 1.165) is 21.7 Å². The summed E-state index contributed by atoms with van der Waals surface area (Å²) in [6.07, 6.45) is 1.16. The Hall–Kier alpha value is -2.54. The standard InChI is InChI=1S/C20H26N2O4S/c1-14(2)26-18-11-9-17(10-12-18)21-19(23)13-22(27(5,24)25)20-15(3)7-6-8-16(20)4/h6-12,14H,13H2,1-5H3,(H,21,23). The number of hydrogen-bond donors (Lipinski definition) is 1. The van der Waals surface area contributed by atoms with Crippen LogP contribution in [0.2, 0.25) is 0 Å². The van der Waals surface area contributed by atoms with Crippen molar-refractivity contribution in [2.75, 3.05) is 22.4 Å². The van der Waals surface area contributed by atoms with E-state index in [9.17, 15) is 13.2 Å². The van der Waals surface area contributed by atoms with Crippen molar-refractivity contribution in [2.45, 2.75) is 33.8 Å². The van der Waals surface area contributed by atoms with Crippen LogP contribution in [-0.2, 0) is 14.8 Å². The number of hydrogen-bond acceptors (Lipinski definition) is 4. The second kappa shape index (κ2) is 8.43. The quantitative estimate of drug-likeness (QED) is 0.785. The van der Waals surface area contributed by atoms with Gasteiger partial charge in [-0.25, -0.2) is 8.42 Å². The first-order valence-corrected chi connectivity index (χ1v) is 10.5. The number of carbonyl (C=O) groups excluding carboxylic acids is 1. The zero-order chi connectivity index (χ0) is 20.2. The zero-order valence-electron chi connectivity index (χ0n) is 16.3. The first-order chi connectivity index (χ1) is 12.6. The summed E-state index contributed by atoms with van der Waals surface area (Å²) in [5.74, 6) is 0.289. The molecular formula is C20H26N2O4S. The Balaban J connectivity index is 2.18. The number of anilines is 2. The van der Waals surface area contributed by atoms with E-state index in [1.54, 1.807) is 24.3 Å². The molecule has 0 spiro atoms. The van der Waals surface area contributed by atoms with Crippen molar-refractivity contribution in [3.05, 3.63) is 53.6 Å². The molecule has 2 aromatic carbocycles. The van der Waals surface area contributed by atoms with Crippen LogP contribution in [0.25, 0.3) is 0 Å². The monoisotopic (exact) mass is 390 g/mol. The first-order valence-electron chi connectivity index (χ1n) is 8.68. The molecule has 1 amide bonds. The van der Waals surface area contributed by atoms with Crippen LogP contribution in [0.5, 0.6) is 5.75 Å². The molecule has 0 aliphatic heterocycles. The maximum atomic E-state index is 12.5. The first kappa shape index (κ1) is 20.8. The van der Waals surface area contributed by atoms with Gasteiger partial charge in [0.15, 0.2) is 0 Å². The van der Waals surface area contributed by atoms with E-state index in [4.69, 9.17) is 4.74 Å². The Morgan fingerprint density at radius 2 is 1.63 bits per heavy atom. The van der Waals surface area contributed by atoms with Gasteiger partial charge in [-0.05, 0) is 63.1 Å². The molecule has 0 radical (unpaired) electrons. The SMILES string of the molecule is Cc1cccc(C)c1N(CC(=O)Nc1ccc(OC(C)C)cc1)S(C)(=O)=O. The van der Waals surface area contributed by atoms with E-state index in [1.165, 1.54) is 0 Å². The third-order valence-corrected chi connectivity index (χ3v) is 5.00. The Kier molecular flexibility index (Phi) is 6.49. The van der Waals surface area contributed by atoms with Gasteiger partial charge in [0.25, 0.3) is 0 Å². The molecule has 0 aromatic heterocycles. The predicted molar refractivity (Wildman–Crippen MR) is 109 cm³/mol. The third-order valence-electron chi connectivity index (χ3n) is 3.89. The van der Waals surface area contributed by atoms with Gasteiger partial charge in [-0.3, -0.25) is 9.10 Å². The van der Waals surface area contributed by atoms with Gasteiger partial charge in [0, 0.05) is 5.69 Å². The summed E-state index contributed by atoms with van der Waals surface area (Å²) in [6, 6.07) is 12.5. The molecular weight excluding hydrogens is 364 g/mol. The molecule has 6 nitrogen and oxygen atoms in total. The van der Waals surface area contributed by atoms with Crippen LogP contribution >= 0.6 is 0 Å². The van der Waals surface area contributed by atoms with Gasteiger partial charge in [0.05, 0.1) is 18.0 Å². The van der Waals surface area contributed by atoms with E-state index in [0.29, 0.717) is 17.1 Å². The summed E-state index contributed by atoms with van der Waals surface area (Å²) in [7, 11) is -3.62. The largest absolute Gasteiger partial charge is 0.491 e. The summed E-state index contributed by atoms with van der Waals surface area (Å²) >= 11 is 0. The van der Waals surface area contributed by atoms with E-state index >= 15 is 0 Å². The highest BCUT2D eigenvalue weighted by atomic mass is 32.2. The Bertz CT molecular complexity index is 886. The smallest absolute Gasteiger partial charge is 0.245 e. The van der Waals surface area contributed by atoms with E-state index in [2.05, 4.69) is 5.32 Å². The number of rotatable bonds is 7. The molecule has 0 fully saturated rings. The Labute approximate surface area is 161 Å². The maximum Gasteiger partial charge on any atom is 0.245 e. The molecule has 0 saturated carbocycles. The van der Waals surface area contributed by atoms with Crippen molar-refractivity contribution in [3.8, 4) is 5.75 Å². The van der Waals surface area contributed by atoms with Crippen LogP contribution < -0.4 is 14.4 Å². The third kappa shape index (κ3) is 5.72. The molecule has 27 heavy (non-hydrogen) atoms. The fourth-order valence-electron chi connectivity index (χ4n) is 2.78. The number of nitrogens with one attached hydrogen (secondary N) is 1. The lowest BCUT2D eigenvalue weighted by Crippen LogP contribution is -2.38. The molecule has 0 aliphatic carbocycles. The molecule has 0 unspecified atom stereocenters. The van der Waals surface area contributed by atoms with Crippen LogP contribution in [-0.4, -0.2) is 33.2 Å². The summed E-state index contributed by atoms with van der Waals surface area (Å²) in [4.78, 5) is 12.5. The highest BCUT2D eigenvalue weighted by Crippen LogP contribution is 2.26. The molecule has 7 heteroatoms. The highest BCUT2D eigenvalue weighted by molar-refractivity contribution is 7.92. The number of ether oxygens (including phenoxy) is 1. The Morgan fingerprint density at radius 1 is 1.07 bits per heavy atom. The van der Waals surface area contributed by atoms with Crippen molar-refractivity contribution >= 4 is 27.3 Å². The molecule has 0 bridgehead atoms. The second-order valence-electron chi connectivity index (χ2n) is 6.75. The molecule has 0 heterocycles. The lowest BCUT2D eigenvalue weighted by atomic mass is 10.1. The average Bonchev–Trinajstić information content (AvgIpc) is 2.54. The van der Waals surface area contributed by atoms with Gasteiger partial charge < -0.3 is 10.1 Å². The lowest BCUT2D eigenvalue weighted by molar-refractivity contribution is -0.114. The number of amides is 1. The van der Waals surface area contributed by atoms with Crippen molar-refractivity contribution < 1.29 is 17.9 Å². The van der Waals surface area contributed by atoms with Gasteiger partial charge >= 0.3 is 0 Å². The van der Waals surface area contributed by atoms with Crippen molar-refractivity contribution in [1.29, 1.82) is 0 Å². The van der Waals surface area contributed by atoms with Crippen LogP contribution in [0.3, 0.4) is 0 Å². The maximum absolute atomic E-state index is 12.5. The van der Waals surface area contributed by atoms with Gasteiger partial charge in [0.2, 0.25) is 15.9 Å². The van der Waals surface area contributed by atoms with Crippen LogP contribution in [0, 0.1) is 13.8 Å². The van der Waals surface area contributed by atoms with Gasteiger partial charge in [0.1, 0.15) is 12.3 Å². The summed E-state index contributed by atoms with van der Waals surface area (Å²) in [5.41, 5.74) is 2.70. The number of sulfonamides is 1. The normalized spacial score (nSPS) is 11.3. The highest BCUT2D eigenvalue weighted by Gasteiger charge is 2.23. The zero-order valence-corrected chi connectivity index (χ0v) is 17.1. The minimum absolute atomic E-state index is 0.0612. The van der Waals surface area contributed by atoms with Crippen molar-refractivity contribution in [3.63, 3.8) is 0 Å². The fraction of sp³-hybridized carbons (Fsp3) is 0.350. The average molecular weight is 391 g/mol. The molecule has 1 N–H and O–H groups in total. The second-order valence-corrected chi connectivity index (χ2v) is 8.66. The fourth-order valence-corrected chi connectivity index (χ4v) is 3.75. The lowest BCUT2D eigenvalue weighted by Gasteiger charge is -2.25. The topological polar surface area (TPSA) is 75.7 Å². The van der Waals surface area contributed by atoms with E-state index < -0.39 is 15.9 Å². The number of nitrogens with zero attached hydrogens (tertiary/aromatic N) is 1. The summed E-state index contributed by atoms with van der Waals surface area (Å²) in [5, 5.41) is 2.73. The van der Waals surface area contributed by atoms with E-state index in [-0.39, 0.29) is 12.6 Å². The van der Waals surface area contributed by atoms with Crippen LogP contribution in [0.4, 0.5) is 11.4 Å². The molecule has 2 rings (SSSR count). The number of benzene rings is 2. The Morgan fingerprint density at radius 3 is 2.11 bits per heavy atom. The molecule has 0 atom stereocenters. The number of carbonyl (C=O) groups is 1. The van der Waals surface area contributed by atoms with Gasteiger partial charge in [-0.15, -0.1) is 0 Å². The minimum atomic E-state index is -3.62. The molecule has 2 aromatic rings. The van der Waals surface area contributed by atoms with Gasteiger partial charge in [-0.2, -0.15) is 0 Å². The summed E-state index contributed by atoms with van der Waals surface area (Å²) < 4.78 is 31.3. The molecule has 0 aliphatic rings. The van der Waals surface area contributed by atoms with Crippen molar-refractivity contribution in [1.82, 2.24) is 0 Å². The number of aryl methyl sites for hydroxylation is 2. The number of para-hydroxylation sites is 1. The molecule has 0 saturated heterocycles. The van der Waals surface area contributed by atoms with Gasteiger partial charge in [-0.1, -0.05) is 18.2 Å². The van der Waals surface area contributed by atoms with Crippen LogP contribution in [0.1, 0.15) is 25.0 Å². The van der Waals surface area contributed by atoms with E-state index in [1.807, 2.05) is 45.9 Å². The molecule has 146 valence electrons. The van der Waals surface area contributed by atoms with Crippen molar-refractivity contribution in [2.24, 2.45) is 0 Å².